The highest BCUT2D eigenvalue weighted by molar-refractivity contribution is 9.10. The summed E-state index contributed by atoms with van der Waals surface area (Å²) >= 11 is 3.27. The average Bonchev–Trinajstić information content (AvgIpc) is 2.74. The van der Waals surface area contributed by atoms with E-state index in [0.717, 1.165) is 8.78 Å². The molecule has 2 aromatic carbocycles. The normalized spacial score (nSPS) is 14.8. The fraction of sp³-hybridized carbons (Fsp3) is 0.316. The van der Waals surface area contributed by atoms with E-state index >= 15 is 0 Å². The van der Waals surface area contributed by atoms with Crippen LogP contribution in [0.25, 0.3) is 0 Å². The minimum Gasteiger partial charge on any atom is -0.362 e. The molecule has 0 aliphatic carbocycles. The number of halogens is 1. The quantitative estimate of drug-likeness (QED) is 0.448. The van der Waals surface area contributed by atoms with E-state index < -0.39 is 14.9 Å². The maximum Gasteiger partial charge on any atom is 0.292 e. The van der Waals surface area contributed by atoms with Crippen molar-refractivity contribution in [2.24, 2.45) is 0 Å². The van der Waals surface area contributed by atoms with Crippen molar-refractivity contribution < 1.29 is 18.1 Å². The van der Waals surface area contributed by atoms with Gasteiger partial charge in [0.1, 0.15) is 5.69 Å². The number of carbonyl (C=O) groups is 1. The monoisotopic (exact) mass is 496 g/mol. The molecule has 0 spiro atoms. The first kappa shape index (κ1) is 22.2. The molecule has 0 radical (unpaired) electrons. The molecule has 0 unspecified atom stereocenters. The molecule has 1 amide bonds. The predicted molar refractivity (Wildman–Crippen MR) is 116 cm³/mol. The van der Waals surface area contributed by atoms with Gasteiger partial charge >= 0.3 is 0 Å². The van der Waals surface area contributed by atoms with E-state index in [1.165, 1.54) is 25.2 Å². The van der Waals surface area contributed by atoms with E-state index in [0.29, 0.717) is 31.9 Å². The van der Waals surface area contributed by atoms with E-state index in [4.69, 9.17) is 0 Å². The van der Waals surface area contributed by atoms with Gasteiger partial charge in [-0.1, -0.05) is 28.1 Å². The number of para-hydroxylation sites is 2. The van der Waals surface area contributed by atoms with Crippen LogP contribution in [0.4, 0.5) is 11.4 Å². The van der Waals surface area contributed by atoms with Crippen LogP contribution < -0.4 is 4.90 Å². The number of hydrogen-bond donors (Lipinski definition) is 0. The van der Waals surface area contributed by atoms with Gasteiger partial charge in [0.2, 0.25) is 15.9 Å². The van der Waals surface area contributed by atoms with Crippen molar-refractivity contribution in [1.82, 2.24) is 9.21 Å². The Morgan fingerprint density at radius 1 is 1.10 bits per heavy atom. The Bertz CT molecular complexity index is 1040. The minimum atomic E-state index is -3.78. The number of sulfonamides is 1. The van der Waals surface area contributed by atoms with Gasteiger partial charge in [-0.15, -0.1) is 0 Å². The smallest absolute Gasteiger partial charge is 0.292 e. The van der Waals surface area contributed by atoms with Crippen LogP contribution in [-0.4, -0.2) is 68.2 Å². The predicted octanol–water partition coefficient (Wildman–Crippen LogP) is 2.33. The van der Waals surface area contributed by atoms with Crippen LogP contribution in [0.2, 0.25) is 0 Å². The van der Waals surface area contributed by atoms with Crippen molar-refractivity contribution in [2.45, 2.75) is 4.90 Å². The number of amides is 1. The third kappa shape index (κ3) is 4.79. The summed E-state index contributed by atoms with van der Waals surface area (Å²) in [6.07, 6.45) is 0. The minimum absolute atomic E-state index is 0.0256. The number of likely N-dealkylation sites (N-methyl/N-ethyl adjacent to an activating group) is 1. The second kappa shape index (κ2) is 9.11. The topological polar surface area (TPSA) is 104 Å². The van der Waals surface area contributed by atoms with Gasteiger partial charge in [0.15, 0.2) is 0 Å². The Labute approximate surface area is 183 Å². The van der Waals surface area contributed by atoms with Crippen molar-refractivity contribution in [2.75, 3.05) is 44.7 Å². The Morgan fingerprint density at radius 3 is 2.30 bits per heavy atom. The number of piperazine rings is 1. The van der Waals surface area contributed by atoms with Crippen LogP contribution in [-0.2, 0) is 14.8 Å². The lowest BCUT2D eigenvalue weighted by atomic mass is 10.2. The highest BCUT2D eigenvalue weighted by atomic mass is 79.9. The molecule has 11 heteroatoms. The summed E-state index contributed by atoms with van der Waals surface area (Å²) in [4.78, 5) is 27.0. The fourth-order valence-electron chi connectivity index (χ4n) is 3.24. The molecule has 0 bridgehead atoms. The van der Waals surface area contributed by atoms with Gasteiger partial charge in [0.25, 0.3) is 5.69 Å². The maximum absolute atomic E-state index is 12.7. The lowest BCUT2D eigenvalue weighted by Gasteiger charge is -2.36. The number of anilines is 1. The van der Waals surface area contributed by atoms with Gasteiger partial charge in [0, 0.05) is 43.8 Å². The molecule has 0 aromatic heterocycles. The van der Waals surface area contributed by atoms with Crippen LogP contribution in [0.15, 0.2) is 57.9 Å². The third-order valence-corrected chi connectivity index (χ3v) is 7.28. The van der Waals surface area contributed by atoms with E-state index in [1.54, 1.807) is 35.2 Å². The highest BCUT2D eigenvalue weighted by Gasteiger charge is 2.28. The molecule has 0 atom stereocenters. The molecule has 1 fully saturated rings. The molecule has 1 saturated heterocycles. The van der Waals surface area contributed by atoms with Crippen LogP contribution in [0.1, 0.15) is 0 Å². The van der Waals surface area contributed by atoms with Gasteiger partial charge in [-0.25, -0.2) is 8.42 Å². The first-order chi connectivity index (χ1) is 14.2. The van der Waals surface area contributed by atoms with E-state index in [1.807, 2.05) is 4.90 Å². The third-order valence-electron chi connectivity index (χ3n) is 4.93. The SMILES string of the molecule is CN(CC(=O)N1CCN(c2ccccc2[N+](=O)[O-])CC1)S(=O)(=O)c1ccc(Br)cc1. The highest BCUT2D eigenvalue weighted by Crippen LogP contribution is 2.28. The molecule has 160 valence electrons. The molecule has 30 heavy (non-hydrogen) atoms. The summed E-state index contributed by atoms with van der Waals surface area (Å²) in [6.45, 7) is 1.30. The van der Waals surface area contributed by atoms with Crippen molar-refractivity contribution in [3.63, 3.8) is 0 Å². The van der Waals surface area contributed by atoms with Crippen molar-refractivity contribution >= 4 is 43.2 Å². The van der Waals surface area contributed by atoms with Crippen molar-refractivity contribution in [1.29, 1.82) is 0 Å². The second-order valence-electron chi connectivity index (χ2n) is 6.83. The van der Waals surface area contributed by atoms with E-state index in [2.05, 4.69) is 15.9 Å². The first-order valence-electron chi connectivity index (χ1n) is 9.18. The second-order valence-corrected chi connectivity index (χ2v) is 9.79. The zero-order valence-corrected chi connectivity index (χ0v) is 18.7. The average molecular weight is 497 g/mol. The molecule has 2 aromatic rings. The van der Waals surface area contributed by atoms with Gasteiger partial charge in [-0.3, -0.25) is 14.9 Å². The van der Waals surface area contributed by atoms with Gasteiger partial charge in [-0.05, 0) is 30.3 Å². The van der Waals surface area contributed by atoms with Crippen LogP contribution in [0, 0.1) is 10.1 Å². The molecular formula is C19H21BrN4O5S. The molecule has 0 N–H and O–H groups in total. The van der Waals surface area contributed by atoms with Crippen molar-refractivity contribution in [3.05, 3.63) is 63.1 Å². The molecule has 0 saturated carbocycles. The lowest BCUT2D eigenvalue weighted by molar-refractivity contribution is -0.384. The van der Waals surface area contributed by atoms with E-state index in [9.17, 15) is 23.3 Å². The van der Waals surface area contributed by atoms with Gasteiger partial charge < -0.3 is 9.80 Å². The molecule has 1 aliphatic heterocycles. The van der Waals surface area contributed by atoms with Crippen LogP contribution in [0.5, 0.6) is 0 Å². The summed E-state index contributed by atoms with van der Waals surface area (Å²) < 4.78 is 27.1. The summed E-state index contributed by atoms with van der Waals surface area (Å²) in [5.41, 5.74) is 0.544. The van der Waals surface area contributed by atoms with Gasteiger partial charge in [-0.2, -0.15) is 4.31 Å². The number of carbonyl (C=O) groups excluding carboxylic acids is 1. The van der Waals surface area contributed by atoms with Crippen LogP contribution in [0.3, 0.4) is 0 Å². The van der Waals surface area contributed by atoms with Crippen molar-refractivity contribution in [3.8, 4) is 0 Å². The standard InChI is InChI=1S/C19H21BrN4O5S/c1-21(30(28,29)16-8-6-15(20)7-9-16)14-19(25)23-12-10-22(11-13-23)17-4-2-3-5-18(17)24(26)27/h2-9H,10-14H2,1H3. The summed E-state index contributed by atoms with van der Waals surface area (Å²) in [7, 11) is -2.40. The van der Waals surface area contributed by atoms with Gasteiger partial charge in [0.05, 0.1) is 16.4 Å². The number of rotatable bonds is 6. The summed E-state index contributed by atoms with van der Waals surface area (Å²) in [5, 5.41) is 11.2. The molecule has 3 rings (SSSR count). The molecule has 1 aliphatic rings. The Hall–Kier alpha value is -2.50. The molecular weight excluding hydrogens is 476 g/mol. The van der Waals surface area contributed by atoms with E-state index in [-0.39, 0.29) is 23.0 Å². The lowest BCUT2D eigenvalue weighted by Crippen LogP contribution is -2.51. The largest absolute Gasteiger partial charge is 0.362 e. The Morgan fingerprint density at radius 2 is 1.70 bits per heavy atom. The number of benzene rings is 2. The zero-order valence-electron chi connectivity index (χ0n) is 16.3. The molecule has 1 heterocycles. The summed E-state index contributed by atoms with van der Waals surface area (Å²) in [6, 6.07) is 12.7. The zero-order chi connectivity index (χ0) is 21.9. The Balaban J connectivity index is 1.62. The van der Waals surface area contributed by atoms with Crippen LogP contribution >= 0.6 is 15.9 Å². The number of nitro benzene ring substituents is 1. The Kier molecular flexibility index (Phi) is 6.74. The maximum atomic E-state index is 12.7. The number of nitrogens with zero attached hydrogens (tertiary/aromatic N) is 4. The first-order valence-corrected chi connectivity index (χ1v) is 11.4. The number of hydrogen-bond acceptors (Lipinski definition) is 6. The summed E-state index contributed by atoms with van der Waals surface area (Å²) in [5.74, 6) is -0.305. The fourth-order valence-corrected chi connectivity index (χ4v) is 4.63. The number of nitro groups is 1. The molecule has 9 nitrogen and oxygen atoms in total.